The predicted octanol–water partition coefficient (Wildman–Crippen LogP) is -0.851. The molecule has 0 aliphatic carbocycles. The summed E-state index contributed by atoms with van der Waals surface area (Å²) in [5.74, 6) is 0. The molecule has 1 radical (unpaired) electrons. The van der Waals surface area contributed by atoms with Crippen LogP contribution in [-0.2, 0) is 4.74 Å². The fourth-order valence-corrected chi connectivity index (χ4v) is 0.966. The predicted molar refractivity (Wildman–Crippen MR) is 34.6 cm³/mol. The Bertz CT molecular complexity index is 68.7. The van der Waals surface area contributed by atoms with E-state index in [1.807, 2.05) is 0 Å². The highest BCUT2D eigenvalue weighted by atomic mass is 16.5. The van der Waals surface area contributed by atoms with Crippen molar-refractivity contribution in [1.82, 2.24) is 4.90 Å². The van der Waals surface area contributed by atoms with Gasteiger partial charge in [-0.1, -0.05) is 0 Å². The van der Waals surface area contributed by atoms with Gasteiger partial charge in [0.25, 0.3) is 0 Å². The second kappa shape index (κ2) is 3.82. The third-order valence-corrected chi connectivity index (χ3v) is 1.52. The monoisotopic (exact) mass is 131 g/mol. The zero-order chi connectivity index (χ0) is 6.53. The van der Waals surface area contributed by atoms with Crippen molar-refractivity contribution in [3.8, 4) is 0 Å². The lowest BCUT2D eigenvalue weighted by Gasteiger charge is -2.15. The number of ether oxygens (including phenoxy) is 1. The van der Waals surface area contributed by atoms with E-state index < -0.39 is 0 Å². The Morgan fingerprint density at radius 3 is 2.56 bits per heavy atom. The molecule has 0 atom stereocenters. The van der Waals surface area contributed by atoms with Gasteiger partial charge in [0.15, 0.2) is 0 Å². The molecule has 1 rings (SSSR count). The third kappa shape index (κ3) is 2.30. The first kappa shape index (κ1) is 6.99. The first-order valence-corrected chi connectivity index (χ1v) is 3.34. The molecule has 0 aromatic rings. The summed E-state index contributed by atoms with van der Waals surface area (Å²) in [7, 11) is 0. The highest BCUT2D eigenvalue weighted by Gasteiger charge is 2.17. The minimum Gasteiger partial charge on any atom is -0.390 e. The molecule has 3 heteroatoms. The summed E-state index contributed by atoms with van der Waals surface area (Å²) in [6.45, 7) is 4.64. The Balaban J connectivity index is 2.08. The van der Waals surface area contributed by atoms with Gasteiger partial charge >= 0.3 is 0 Å². The van der Waals surface area contributed by atoms with E-state index in [0.717, 1.165) is 32.8 Å². The van der Waals surface area contributed by atoms with Crippen molar-refractivity contribution in [2.75, 3.05) is 39.5 Å². The molecule has 1 aliphatic heterocycles. The molecule has 0 aromatic carbocycles. The van der Waals surface area contributed by atoms with Crippen LogP contribution in [-0.4, -0.2) is 44.6 Å². The Kier molecular flexibility index (Phi) is 2.97. The van der Waals surface area contributed by atoms with Gasteiger partial charge in [-0.15, -0.1) is 0 Å². The Labute approximate surface area is 55.2 Å². The Morgan fingerprint density at radius 1 is 1.33 bits per heavy atom. The molecular formula is C6H13NO2+. The highest BCUT2D eigenvalue weighted by molar-refractivity contribution is 4.66. The van der Waals surface area contributed by atoms with Crippen LogP contribution in [0.25, 0.3) is 0 Å². The molecule has 0 bridgehead atoms. The average molecular weight is 131 g/mol. The molecule has 0 spiro atoms. The highest BCUT2D eigenvalue weighted by Crippen LogP contribution is 1.90. The van der Waals surface area contributed by atoms with Gasteiger partial charge in [0.05, 0.1) is 6.61 Å². The van der Waals surface area contributed by atoms with E-state index in [1.54, 1.807) is 0 Å². The topological polar surface area (TPSA) is 35.4 Å². The van der Waals surface area contributed by atoms with E-state index in [4.69, 9.17) is 9.84 Å². The smallest absolute Gasteiger partial charge is 0.146 e. The van der Waals surface area contributed by atoms with E-state index in [9.17, 15) is 0 Å². The number of hydrogen-bond donors (Lipinski definition) is 1. The number of rotatable bonds is 2. The van der Waals surface area contributed by atoms with Gasteiger partial charge in [0, 0.05) is 0 Å². The molecule has 1 fully saturated rings. The molecular weight excluding hydrogens is 118 g/mol. The number of hydrogen-bond acceptors (Lipinski definition) is 3. The van der Waals surface area contributed by atoms with Crippen LogP contribution in [0.4, 0.5) is 0 Å². The summed E-state index contributed by atoms with van der Waals surface area (Å²) in [6, 6.07) is 0. The summed E-state index contributed by atoms with van der Waals surface area (Å²) in [5, 5.41) is 8.54. The lowest BCUT2D eigenvalue weighted by Crippen LogP contribution is -2.42. The van der Waals surface area contributed by atoms with Crippen LogP contribution >= 0.6 is 0 Å². The van der Waals surface area contributed by atoms with Gasteiger partial charge in [-0.25, -0.2) is 0 Å². The maximum absolute atomic E-state index is 8.54. The fraction of sp³-hybridized carbons (Fsp3) is 1.00. The van der Waals surface area contributed by atoms with E-state index in [0.29, 0.717) is 0 Å². The quantitative estimate of drug-likeness (QED) is 0.495. The van der Waals surface area contributed by atoms with Crippen molar-refractivity contribution in [2.24, 2.45) is 0 Å². The van der Waals surface area contributed by atoms with Crippen LogP contribution in [0.3, 0.4) is 0 Å². The number of aliphatic hydroxyl groups is 1. The standard InChI is InChI=1S/C6H13NO2/c8-4-1-7-2-5-9-6-3-7/h8H,1-6H2/q+1. The SMILES string of the molecule is OCC[N+]1CCOCC1. The maximum atomic E-state index is 8.54. The van der Waals surface area contributed by atoms with Crippen molar-refractivity contribution >= 4 is 0 Å². The van der Waals surface area contributed by atoms with Gasteiger partial charge in [-0.05, 0) is 0 Å². The molecule has 1 aliphatic rings. The van der Waals surface area contributed by atoms with Gasteiger partial charge in [-0.2, -0.15) is 4.90 Å². The summed E-state index contributed by atoms with van der Waals surface area (Å²) in [6.07, 6.45) is 0. The third-order valence-electron chi connectivity index (χ3n) is 1.52. The minimum atomic E-state index is 0.264. The Hall–Kier alpha value is -0.120. The van der Waals surface area contributed by atoms with Crippen LogP contribution in [0.15, 0.2) is 0 Å². The van der Waals surface area contributed by atoms with Crippen molar-refractivity contribution < 1.29 is 9.84 Å². The largest absolute Gasteiger partial charge is 0.390 e. The molecule has 3 nitrogen and oxygen atoms in total. The van der Waals surface area contributed by atoms with Crippen LogP contribution < -0.4 is 4.90 Å². The summed E-state index contributed by atoms with van der Waals surface area (Å²) in [5.41, 5.74) is 0. The summed E-state index contributed by atoms with van der Waals surface area (Å²) < 4.78 is 5.12. The fourth-order valence-electron chi connectivity index (χ4n) is 0.966. The van der Waals surface area contributed by atoms with Gasteiger partial charge in [0.2, 0.25) is 0 Å². The Morgan fingerprint density at radius 2 is 2.00 bits per heavy atom. The molecule has 1 N–H and O–H groups in total. The normalized spacial score (nSPS) is 22.3. The molecule has 1 saturated heterocycles. The van der Waals surface area contributed by atoms with Crippen LogP contribution in [0, 0.1) is 0 Å². The van der Waals surface area contributed by atoms with Gasteiger partial charge in [0.1, 0.15) is 32.8 Å². The van der Waals surface area contributed by atoms with Crippen molar-refractivity contribution in [2.45, 2.75) is 0 Å². The van der Waals surface area contributed by atoms with Crippen LogP contribution in [0.1, 0.15) is 0 Å². The first-order valence-electron chi connectivity index (χ1n) is 3.34. The lowest BCUT2D eigenvalue weighted by atomic mass is 10.4. The van der Waals surface area contributed by atoms with Crippen molar-refractivity contribution in [3.05, 3.63) is 0 Å². The molecule has 0 saturated carbocycles. The lowest BCUT2D eigenvalue weighted by molar-refractivity contribution is 0.0696. The molecule has 0 unspecified atom stereocenters. The molecule has 0 aromatic heterocycles. The molecule has 0 amide bonds. The van der Waals surface area contributed by atoms with E-state index >= 15 is 0 Å². The maximum Gasteiger partial charge on any atom is 0.146 e. The second-order valence-corrected chi connectivity index (χ2v) is 2.18. The molecule has 53 valence electrons. The van der Waals surface area contributed by atoms with Gasteiger partial charge in [-0.3, -0.25) is 0 Å². The molecule has 9 heavy (non-hydrogen) atoms. The number of nitrogens with zero attached hydrogens (tertiary/aromatic N) is 1. The summed E-state index contributed by atoms with van der Waals surface area (Å²) >= 11 is 0. The van der Waals surface area contributed by atoms with Crippen molar-refractivity contribution in [1.29, 1.82) is 0 Å². The van der Waals surface area contributed by atoms with Gasteiger partial charge < -0.3 is 9.84 Å². The molecule has 1 heterocycles. The minimum absolute atomic E-state index is 0.264. The zero-order valence-electron chi connectivity index (χ0n) is 5.55. The average Bonchev–Trinajstić information content (AvgIpc) is 1.91. The van der Waals surface area contributed by atoms with Crippen molar-refractivity contribution in [3.63, 3.8) is 0 Å². The number of aliphatic hydroxyl groups excluding tert-OH is 1. The van der Waals surface area contributed by atoms with E-state index in [-0.39, 0.29) is 6.61 Å². The number of morpholine rings is 1. The summed E-state index contributed by atoms with van der Waals surface area (Å²) in [4.78, 5) is 2.20. The van der Waals surface area contributed by atoms with E-state index in [1.165, 1.54) is 0 Å². The number of β-amino-alcohol motifs (C(OH)–C–C–N with tert-alkyl or cyclic N) is 1. The second-order valence-electron chi connectivity index (χ2n) is 2.18. The first-order chi connectivity index (χ1) is 4.43. The van der Waals surface area contributed by atoms with Crippen LogP contribution in [0.2, 0.25) is 0 Å². The zero-order valence-corrected chi connectivity index (χ0v) is 5.55. The van der Waals surface area contributed by atoms with Crippen LogP contribution in [0.5, 0.6) is 0 Å². The van der Waals surface area contributed by atoms with E-state index in [2.05, 4.69) is 4.90 Å².